The molecular formula is C9H15N5O3. The Labute approximate surface area is 97.2 Å². The van der Waals surface area contributed by atoms with Crippen molar-refractivity contribution < 1.29 is 15.0 Å². The van der Waals surface area contributed by atoms with E-state index < -0.39 is 12.0 Å². The summed E-state index contributed by atoms with van der Waals surface area (Å²) in [6, 6.07) is -0.368. The molecule has 1 amide bonds. The number of primary amides is 1. The van der Waals surface area contributed by atoms with Gasteiger partial charge in [-0.15, -0.1) is 5.10 Å². The van der Waals surface area contributed by atoms with E-state index in [1.165, 1.54) is 4.68 Å². The van der Waals surface area contributed by atoms with Crippen LogP contribution in [0, 0.1) is 5.92 Å². The van der Waals surface area contributed by atoms with Crippen LogP contribution in [0.1, 0.15) is 29.4 Å². The highest BCUT2D eigenvalue weighted by Crippen LogP contribution is 2.35. The number of hydrogen-bond donors (Lipinski definition) is 4. The SMILES string of the molecule is NC(=O)c1nnn([C@@H]2C[C@H](CO)C[C@H]2O)c1N. The van der Waals surface area contributed by atoms with Gasteiger partial charge in [0.1, 0.15) is 0 Å². The average Bonchev–Trinajstić information content (AvgIpc) is 2.81. The number of hydrogen-bond acceptors (Lipinski definition) is 6. The van der Waals surface area contributed by atoms with E-state index in [0.29, 0.717) is 12.8 Å². The number of nitrogens with zero attached hydrogens (tertiary/aromatic N) is 3. The predicted molar refractivity (Wildman–Crippen MR) is 57.8 cm³/mol. The fraction of sp³-hybridized carbons (Fsp3) is 0.667. The van der Waals surface area contributed by atoms with E-state index >= 15 is 0 Å². The largest absolute Gasteiger partial charge is 0.396 e. The van der Waals surface area contributed by atoms with Crippen molar-refractivity contribution >= 4 is 11.7 Å². The van der Waals surface area contributed by atoms with Gasteiger partial charge in [-0.05, 0) is 18.8 Å². The summed E-state index contributed by atoms with van der Waals surface area (Å²) in [6.07, 6.45) is 0.368. The number of nitrogens with two attached hydrogens (primary N) is 2. The molecule has 0 bridgehead atoms. The van der Waals surface area contributed by atoms with E-state index in [9.17, 15) is 9.90 Å². The number of nitrogen functional groups attached to an aromatic ring is 1. The van der Waals surface area contributed by atoms with Gasteiger partial charge in [0.05, 0.1) is 12.1 Å². The molecule has 1 heterocycles. The van der Waals surface area contributed by atoms with Crippen molar-refractivity contribution in [3.63, 3.8) is 0 Å². The molecule has 0 aliphatic heterocycles. The molecule has 0 aromatic carbocycles. The van der Waals surface area contributed by atoms with E-state index in [4.69, 9.17) is 16.6 Å². The molecular weight excluding hydrogens is 226 g/mol. The topological polar surface area (TPSA) is 140 Å². The predicted octanol–water partition coefficient (Wildman–Crippen LogP) is -1.74. The number of carbonyl (C=O) groups is 1. The molecule has 0 radical (unpaired) electrons. The lowest BCUT2D eigenvalue weighted by molar-refractivity contribution is 0.0996. The van der Waals surface area contributed by atoms with Gasteiger partial charge in [0.2, 0.25) is 0 Å². The molecule has 1 saturated carbocycles. The van der Waals surface area contributed by atoms with Crippen LogP contribution in [0.25, 0.3) is 0 Å². The molecule has 8 heteroatoms. The van der Waals surface area contributed by atoms with Gasteiger partial charge >= 0.3 is 0 Å². The number of amides is 1. The van der Waals surface area contributed by atoms with Crippen LogP contribution in [0.4, 0.5) is 5.82 Å². The first-order chi connectivity index (χ1) is 8.04. The average molecular weight is 241 g/mol. The lowest BCUT2D eigenvalue weighted by Gasteiger charge is -2.15. The summed E-state index contributed by atoms with van der Waals surface area (Å²) >= 11 is 0. The van der Waals surface area contributed by atoms with Crippen molar-refractivity contribution in [2.24, 2.45) is 11.7 Å². The Morgan fingerprint density at radius 1 is 1.53 bits per heavy atom. The summed E-state index contributed by atoms with van der Waals surface area (Å²) in [4.78, 5) is 11.0. The summed E-state index contributed by atoms with van der Waals surface area (Å²) in [5.41, 5.74) is 10.7. The molecule has 0 spiro atoms. The van der Waals surface area contributed by atoms with Crippen LogP contribution in [0.5, 0.6) is 0 Å². The van der Waals surface area contributed by atoms with Gasteiger partial charge in [0.25, 0.3) is 5.91 Å². The van der Waals surface area contributed by atoms with Gasteiger partial charge in [0, 0.05) is 6.61 Å². The Bertz CT molecular complexity index is 432. The van der Waals surface area contributed by atoms with Crippen LogP contribution in [-0.2, 0) is 0 Å². The third kappa shape index (κ3) is 1.96. The maximum Gasteiger partial charge on any atom is 0.273 e. The number of carbonyl (C=O) groups excluding carboxylic acids is 1. The summed E-state index contributed by atoms with van der Waals surface area (Å²) in [5.74, 6) is -0.685. The molecule has 1 aliphatic carbocycles. The molecule has 1 aromatic heterocycles. The zero-order valence-corrected chi connectivity index (χ0v) is 9.15. The number of aromatic nitrogens is 3. The van der Waals surface area contributed by atoms with Crippen molar-refractivity contribution in [2.45, 2.75) is 25.0 Å². The first-order valence-corrected chi connectivity index (χ1v) is 5.34. The lowest BCUT2D eigenvalue weighted by Crippen LogP contribution is -2.22. The van der Waals surface area contributed by atoms with Gasteiger partial charge in [-0.3, -0.25) is 4.79 Å². The third-order valence-electron chi connectivity index (χ3n) is 3.13. The first-order valence-electron chi connectivity index (χ1n) is 5.34. The second kappa shape index (κ2) is 4.30. The Kier molecular flexibility index (Phi) is 2.99. The van der Waals surface area contributed by atoms with Crippen molar-refractivity contribution in [1.29, 1.82) is 0 Å². The minimum Gasteiger partial charge on any atom is -0.396 e. The van der Waals surface area contributed by atoms with E-state index in [1.807, 2.05) is 0 Å². The quantitative estimate of drug-likeness (QED) is 0.495. The zero-order valence-electron chi connectivity index (χ0n) is 9.15. The molecule has 1 aliphatic rings. The molecule has 0 unspecified atom stereocenters. The summed E-state index contributed by atoms with van der Waals surface area (Å²) in [6.45, 7) is 0.00480. The Balaban J connectivity index is 2.26. The summed E-state index contributed by atoms with van der Waals surface area (Å²) in [5, 5.41) is 26.2. The van der Waals surface area contributed by atoms with Gasteiger partial charge in [-0.25, -0.2) is 4.68 Å². The minimum atomic E-state index is -0.750. The van der Waals surface area contributed by atoms with Gasteiger partial charge in [-0.2, -0.15) is 0 Å². The van der Waals surface area contributed by atoms with Gasteiger partial charge < -0.3 is 21.7 Å². The molecule has 1 fully saturated rings. The summed E-state index contributed by atoms with van der Waals surface area (Å²) < 4.78 is 1.31. The molecule has 8 nitrogen and oxygen atoms in total. The highest BCUT2D eigenvalue weighted by Gasteiger charge is 2.36. The van der Waals surface area contributed by atoms with Crippen LogP contribution >= 0.6 is 0 Å². The molecule has 1 aromatic rings. The normalized spacial score (nSPS) is 28.5. The molecule has 6 N–H and O–H groups in total. The smallest absolute Gasteiger partial charge is 0.273 e. The maximum absolute atomic E-state index is 11.0. The first kappa shape index (κ1) is 11.8. The Hall–Kier alpha value is -1.67. The van der Waals surface area contributed by atoms with Crippen molar-refractivity contribution in [2.75, 3.05) is 12.3 Å². The lowest BCUT2D eigenvalue weighted by atomic mass is 10.1. The van der Waals surface area contributed by atoms with E-state index in [2.05, 4.69) is 10.3 Å². The molecule has 94 valence electrons. The standard InChI is InChI=1S/C9H15N5O3/c10-8-7(9(11)17)12-13-14(8)5-1-4(3-15)2-6(5)16/h4-6,15-16H,1-3,10H2,(H2,11,17)/t4-,5+,6+/m0/s1. The van der Waals surface area contributed by atoms with Crippen LogP contribution in [0.15, 0.2) is 0 Å². The highest BCUT2D eigenvalue weighted by molar-refractivity contribution is 5.94. The molecule has 2 rings (SSSR count). The highest BCUT2D eigenvalue weighted by atomic mass is 16.3. The second-order valence-electron chi connectivity index (χ2n) is 4.29. The fourth-order valence-electron chi connectivity index (χ4n) is 2.23. The van der Waals surface area contributed by atoms with E-state index in [1.54, 1.807) is 0 Å². The number of anilines is 1. The number of rotatable bonds is 3. The fourth-order valence-corrected chi connectivity index (χ4v) is 2.23. The minimum absolute atomic E-state index is 0.00480. The molecule has 3 atom stereocenters. The van der Waals surface area contributed by atoms with Crippen LogP contribution < -0.4 is 11.5 Å². The van der Waals surface area contributed by atoms with E-state index in [0.717, 1.165) is 0 Å². The molecule has 0 saturated heterocycles. The number of aliphatic hydroxyl groups is 2. The van der Waals surface area contributed by atoms with Crippen molar-refractivity contribution in [3.05, 3.63) is 5.69 Å². The van der Waals surface area contributed by atoms with Crippen LogP contribution in [0.2, 0.25) is 0 Å². The summed E-state index contributed by atoms with van der Waals surface area (Å²) in [7, 11) is 0. The van der Waals surface area contributed by atoms with Gasteiger partial charge in [-0.1, -0.05) is 5.21 Å². The Morgan fingerprint density at radius 2 is 2.24 bits per heavy atom. The monoisotopic (exact) mass is 241 g/mol. The van der Waals surface area contributed by atoms with Crippen LogP contribution in [-0.4, -0.2) is 43.8 Å². The second-order valence-corrected chi connectivity index (χ2v) is 4.29. The maximum atomic E-state index is 11.0. The van der Waals surface area contributed by atoms with E-state index in [-0.39, 0.29) is 30.1 Å². The Morgan fingerprint density at radius 3 is 2.71 bits per heavy atom. The van der Waals surface area contributed by atoms with Crippen molar-refractivity contribution in [1.82, 2.24) is 15.0 Å². The zero-order chi connectivity index (χ0) is 12.6. The van der Waals surface area contributed by atoms with Crippen LogP contribution in [0.3, 0.4) is 0 Å². The van der Waals surface area contributed by atoms with Gasteiger partial charge in [0.15, 0.2) is 11.5 Å². The number of aliphatic hydroxyl groups excluding tert-OH is 2. The van der Waals surface area contributed by atoms with Crippen molar-refractivity contribution in [3.8, 4) is 0 Å². The third-order valence-corrected chi connectivity index (χ3v) is 3.13. The molecule has 17 heavy (non-hydrogen) atoms.